The van der Waals surface area contributed by atoms with Crippen LogP contribution in [-0.2, 0) is 0 Å². The summed E-state index contributed by atoms with van der Waals surface area (Å²) in [6, 6.07) is 3.83. The Bertz CT molecular complexity index is 402. The third-order valence-corrected chi connectivity index (χ3v) is 2.39. The van der Waals surface area contributed by atoms with Gasteiger partial charge in [-0.15, -0.1) is 0 Å². The molecule has 1 heterocycles. The van der Waals surface area contributed by atoms with Gasteiger partial charge in [0.25, 0.3) is 0 Å². The fourth-order valence-electron chi connectivity index (χ4n) is 1.60. The lowest BCUT2D eigenvalue weighted by atomic mass is 10.1. The molecular formula is C12H16N2O2. The average molecular weight is 220 g/mol. The van der Waals surface area contributed by atoms with E-state index in [-0.39, 0.29) is 6.79 Å². The molecule has 3 N–H and O–H groups in total. The largest absolute Gasteiger partial charge is 0.453 e. The Kier molecular flexibility index (Phi) is 3.31. The fourth-order valence-corrected chi connectivity index (χ4v) is 1.60. The molecule has 0 unspecified atom stereocenters. The minimum atomic E-state index is 0.256. The summed E-state index contributed by atoms with van der Waals surface area (Å²) < 4.78 is 10.5. The molecule has 0 bridgehead atoms. The second kappa shape index (κ2) is 4.90. The van der Waals surface area contributed by atoms with E-state index in [9.17, 15) is 0 Å². The number of nitrogens with two attached hydrogens (primary N) is 1. The van der Waals surface area contributed by atoms with E-state index in [1.165, 1.54) is 0 Å². The molecule has 86 valence electrons. The Hall–Kier alpha value is -1.68. The second-order valence-electron chi connectivity index (χ2n) is 3.64. The molecule has 1 aromatic carbocycles. The van der Waals surface area contributed by atoms with Gasteiger partial charge in [-0.2, -0.15) is 0 Å². The molecule has 1 aliphatic rings. The number of hydrogen-bond donors (Lipinski definition) is 2. The molecule has 0 amide bonds. The van der Waals surface area contributed by atoms with Crippen molar-refractivity contribution in [2.24, 2.45) is 0 Å². The molecule has 0 fully saturated rings. The van der Waals surface area contributed by atoms with E-state index < -0.39 is 0 Å². The average Bonchev–Trinajstić information content (AvgIpc) is 2.73. The summed E-state index contributed by atoms with van der Waals surface area (Å²) in [6.45, 7) is 1.23. The molecule has 4 heteroatoms. The molecule has 0 aromatic heterocycles. The zero-order chi connectivity index (χ0) is 11.4. The van der Waals surface area contributed by atoms with Gasteiger partial charge in [0.15, 0.2) is 11.5 Å². The number of rotatable bonds is 4. The van der Waals surface area contributed by atoms with E-state index >= 15 is 0 Å². The highest BCUT2D eigenvalue weighted by Crippen LogP contribution is 2.38. The minimum Gasteiger partial charge on any atom is -0.453 e. The van der Waals surface area contributed by atoms with Gasteiger partial charge in [0.05, 0.1) is 5.69 Å². The number of nitrogen functional groups attached to an aromatic ring is 1. The SMILES string of the molecule is CNCC/C=C/c1cc(N)c2c(c1)OCO2. The second-order valence-corrected chi connectivity index (χ2v) is 3.64. The van der Waals surface area contributed by atoms with Crippen LogP contribution in [-0.4, -0.2) is 20.4 Å². The monoisotopic (exact) mass is 220 g/mol. The first-order valence-corrected chi connectivity index (χ1v) is 5.31. The molecule has 0 saturated carbocycles. The van der Waals surface area contributed by atoms with Crippen LogP contribution < -0.4 is 20.5 Å². The number of fused-ring (bicyclic) bond motifs is 1. The van der Waals surface area contributed by atoms with Gasteiger partial charge in [-0.3, -0.25) is 0 Å². The maximum Gasteiger partial charge on any atom is 0.231 e. The van der Waals surface area contributed by atoms with Gasteiger partial charge in [0.2, 0.25) is 6.79 Å². The predicted molar refractivity (Wildman–Crippen MR) is 64.6 cm³/mol. The number of hydrogen-bond acceptors (Lipinski definition) is 4. The highest BCUT2D eigenvalue weighted by Gasteiger charge is 2.16. The lowest BCUT2D eigenvalue weighted by Crippen LogP contribution is -2.05. The third-order valence-electron chi connectivity index (χ3n) is 2.39. The van der Waals surface area contributed by atoms with Crippen LogP contribution in [0.2, 0.25) is 0 Å². The first-order chi connectivity index (χ1) is 7.81. The highest BCUT2D eigenvalue weighted by atomic mass is 16.7. The van der Waals surface area contributed by atoms with E-state index in [1.54, 1.807) is 0 Å². The van der Waals surface area contributed by atoms with Crippen molar-refractivity contribution in [2.45, 2.75) is 6.42 Å². The lowest BCUT2D eigenvalue weighted by molar-refractivity contribution is 0.174. The summed E-state index contributed by atoms with van der Waals surface area (Å²) in [5, 5.41) is 3.09. The highest BCUT2D eigenvalue weighted by molar-refractivity contribution is 5.68. The predicted octanol–water partition coefficient (Wildman–Crippen LogP) is 1.62. The van der Waals surface area contributed by atoms with Crippen LogP contribution in [0, 0.1) is 0 Å². The summed E-state index contributed by atoms with van der Waals surface area (Å²) in [6.07, 6.45) is 5.13. The Balaban J connectivity index is 2.11. The Morgan fingerprint density at radius 3 is 3.12 bits per heavy atom. The molecule has 1 aliphatic heterocycles. The van der Waals surface area contributed by atoms with Crippen LogP contribution in [0.15, 0.2) is 18.2 Å². The maximum atomic E-state index is 5.85. The molecule has 0 atom stereocenters. The van der Waals surface area contributed by atoms with Gasteiger partial charge in [0.1, 0.15) is 0 Å². The zero-order valence-electron chi connectivity index (χ0n) is 9.32. The van der Waals surface area contributed by atoms with Crippen LogP contribution in [0.5, 0.6) is 11.5 Å². The summed E-state index contributed by atoms with van der Waals surface area (Å²) in [5.74, 6) is 1.39. The topological polar surface area (TPSA) is 56.5 Å². The van der Waals surface area contributed by atoms with E-state index in [0.717, 1.165) is 24.3 Å². The molecule has 0 radical (unpaired) electrons. The van der Waals surface area contributed by atoms with Crippen LogP contribution in [0.1, 0.15) is 12.0 Å². The van der Waals surface area contributed by atoms with E-state index in [2.05, 4.69) is 11.4 Å². The van der Waals surface area contributed by atoms with E-state index in [4.69, 9.17) is 15.2 Å². The van der Waals surface area contributed by atoms with Gasteiger partial charge in [-0.25, -0.2) is 0 Å². The fraction of sp³-hybridized carbons (Fsp3) is 0.333. The molecule has 4 nitrogen and oxygen atoms in total. The molecule has 0 spiro atoms. The third kappa shape index (κ3) is 2.28. The van der Waals surface area contributed by atoms with Gasteiger partial charge in [-0.1, -0.05) is 12.2 Å². The summed E-state index contributed by atoms with van der Waals surface area (Å²) in [7, 11) is 1.94. The Morgan fingerprint density at radius 2 is 2.31 bits per heavy atom. The van der Waals surface area contributed by atoms with E-state index in [0.29, 0.717) is 11.4 Å². The van der Waals surface area contributed by atoms with Crippen LogP contribution >= 0.6 is 0 Å². The summed E-state index contributed by atoms with van der Waals surface area (Å²) >= 11 is 0. The summed E-state index contributed by atoms with van der Waals surface area (Å²) in [4.78, 5) is 0. The zero-order valence-corrected chi connectivity index (χ0v) is 9.32. The van der Waals surface area contributed by atoms with Gasteiger partial charge >= 0.3 is 0 Å². The van der Waals surface area contributed by atoms with Crippen molar-refractivity contribution in [3.63, 3.8) is 0 Å². The lowest BCUT2D eigenvalue weighted by Gasteiger charge is -2.02. The molecule has 16 heavy (non-hydrogen) atoms. The maximum absolute atomic E-state index is 5.85. The number of anilines is 1. The number of benzene rings is 1. The van der Waals surface area contributed by atoms with Crippen molar-refractivity contribution < 1.29 is 9.47 Å². The molecular weight excluding hydrogens is 204 g/mol. The van der Waals surface area contributed by atoms with Crippen LogP contribution in [0.25, 0.3) is 6.08 Å². The van der Waals surface area contributed by atoms with Crippen molar-refractivity contribution in [3.8, 4) is 11.5 Å². The van der Waals surface area contributed by atoms with Crippen LogP contribution in [0.4, 0.5) is 5.69 Å². The molecule has 0 saturated heterocycles. The van der Waals surface area contributed by atoms with E-state index in [1.807, 2.05) is 25.3 Å². The number of nitrogens with one attached hydrogen (secondary N) is 1. The number of ether oxygens (including phenoxy) is 2. The van der Waals surface area contributed by atoms with Gasteiger partial charge < -0.3 is 20.5 Å². The van der Waals surface area contributed by atoms with Crippen molar-refractivity contribution in [1.82, 2.24) is 5.32 Å². The Morgan fingerprint density at radius 1 is 1.44 bits per heavy atom. The first-order valence-electron chi connectivity index (χ1n) is 5.31. The first kappa shape index (κ1) is 10.8. The standard InChI is InChI=1S/C12H16N2O2/c1-14-5-3-2-4-9-6-10(13)12-11(7-9)15-8-16-12/h2,4,6-7,14H,3,5,8,13H2,1H3/b4-2+. The normalized spacial score (nSPS) is 13.6. The smallest absolute Gasteiger partial charge is 0.231 e. The van der Waals surface area contributed by atoms with Gasteiger partial charge in [0, 0.05) is 0 Å². The van der Waals surface area contributed by atoms with Gasteiger partial charge in [-0.05, 0) is 37.7 Å². The molecule has 1 aromatic rings. The van der Waals surface area contributed by atoms with Crippen LogP contribution in [0.3, 0.4) is 0 Å². The quantitative estimate of drug-likeness (QED) is 0.598. The Labute approximate surface area is 95.0 Å². The molecule has 2 rings (SSSR count). The van der Waals surface area contributed by atoms with Crippen molar-refractivity contribution in [1.29, 1.82) is 0 Å². The summed E-state index contributed by atoms with van der Waals surface area (Å²) in [5.41, 5.74) is 7.52. The van der Waals surface area contributed by atoms with Crippen molar-refractivity contribution in [3.05, 3.63) is 23.8 Å². The van der Waals surface area contributed by atoms with Crippen molar-refractivity contribution in [2.75, 3.05) is 26.1 Å². The molecule has 0 aliphatic carbocycles. The minimum absolute atomic E-state index is 0.256. The van der Waals surface area contributed by atoms with Crippen molar-refractivity contribution >= 4 is 11.8 Å².